The van der Waals surface area contributed by atoms with Crippen molar-refractivity contribution in [2.45, 2.75) is 37.1 Å². The average molecular weight is 263 g/mol. The first-order chi connectivity index (χ1) is 8.08. The first-order valence-electron chi connectivity index (χ1n) is 5.71. The standard InChI is InChI=1S/C10H21N3O3S/c1-3-13-10(11)17-8-4-6(14)9(15)7(16-8)5-12-2/h6-9,12,14-15H,3-5H2,1-2H3,(H2,11,13). The number of aliphatic hydroxyl groups excluding tert-OH is 2. The zero-order chi connectivity index (χ0) is 12.8. The summed E-state index contributed by atoms with van der Waals surface area (Å²) in [5, 5.41) is 22.8. The summed E-state index contributed by atoms with van der Waals surface area (Å²) in [7, 11) is 1.77. The molecule has 4 atom stereocenters. The van der Waals surface area contributed by atoms with Crippen LogP contribution in [-0.2, 0) is 4.74 Å². The van der Waals surface area contributed by atoms with Gasteiger partial charge < -0.3 is 26.0 Å². The van der Waals surface area contributed by atoms with Crippen LogP contribution in [0.5, 0.6) is 0 Å². The van der Waals surface area contributed by atoms with Crippen molar-refractivity contribution in [2.75, 3.05) is 20.1 Å². The van der Waals surface area contributed by atoms with E-state index in [-0.39, 0.29) is 5.44 Å². The van der Waals surface area contributed by atoms with E-state index >= 15 is 0 Å². The molecule has 0 spiro atoms. The summed E-state index contributed by atoms with van der Waals surface area (Å²) >= 11 is 1.29. The van der Waals surface area contributed by atoms with E-state index < -0.39 is 18.3 Å². The van der Waals surface area contributed by atoms with Crippen molar-refractivity contribution >= 4 is 16.9 Å². The molecule has 0 aliphatic carbocycles. The molecular weight excluding hydrogens is 242 g/mol. The second kappa shape index (κ2) is 7.17. The number of rotatable bonds is 4. The molecular formula is C10H21N3O3S. The summed E-state index contributed by atoms with van der Waals surface area (Å²) in [6.45, 7) is 3.01. The number of thioether (sulfide) groups is 1. The van der Waals surface area contributed by atoms with Gasteiger partial charge in [-0.1, -0.05) is 11.8 Å². The molecule has 1 fully saturated rings. The molecule has 1 heterocycles. The van der Waals surface area contributed by atoms with E-state index in [9.17, 15) is 10.2 Å². The van der Waals surface area contributed by atoms with Gasteiger partial charge in [0.15, 0.2) is 5.17 Å². The third-order valence-electron chi connectivity index (χ3n) is 2.51. The van der Waals surface area contributed by atoms with Crippen molar-refractivity contribution < 1.29 is 14.9 Å². The molecule has 0 aromatic carbocycles. The number of nitrogens with one attached hydrogen (secondary N) is 1. The van der Waals surface area contributed by atoms with E-state index in [1.165, 1.54) is 11.8 Å². The van der Waals surface area contributed by atoms with Crippen LogP contribution in [0.3, 0.4) is 0 Å². The SMILES string of the molecule is CCN=C(N)SC1CC(O)C(O)C(CNC)O1. The molecule has 1 rings (SSSR count). The van der Waals surface area contributed by atoms with E-state index in [1.54, 1.807) is 7.05 Å². The van der Waals surface area contributed by atoms with Gasteiger partial charge in [0.25, 0.3) is 0 Å². The fourth-order valence-corrected chi connectivity index (χ4v) is 2.65. The van der Waals surface area contributed by atoms with Crippen molar-refractivity contribution in [3.63, 3.8) is 0 Å². The molecule has 17 heavy (non-hydrogen) atoms. The van der Waals surface area contributed by atoms with Crippen LogP contribution in [0.1, 0.15) is 13.3 Å². The monoisotopic (exact) mass is 263 g/mol. The van der Waals surface area contributed by atoms with E-state index in [4.69, 9.17) is 10.5 Å². The van der Waals surface area contributed by atoms with Gasteiger partial charge in [0.1, 0.15) is 11.5 Å². The molecule has 4 unspecified atom stereocenters. The maximum absolute atomic E-state index is 9.74. The van der Waals surface area contributed by atoms with Crippen LogP contribution >= 0.6 is 11.8 Å². The van der Waals surface area contributed by atoms with Crippen LogP contribution in [0.25, 0.3) is 0 Å². The Morgan fingerprint density at radius 3 is 2.88 bits per heavy atom. The maximum atomic E-state index is 9.74. The van der Waals surface area contributed by atoms with Gasteiger partial charge in [-0.05, 0) is 14.0 Å². The van der Waals surface area contributed by atoms with Crippen molar-refractivity contribution in [2.24, 2.45) is 10.7 Å². The van der Waals surface area contributed by atoms with Crippen LogP contribution < -0.4 is 11.1 Å². The lowest BCUT2D eigenvalue weighted by Crippen LogP contribution is -2.51. The Labute approximate surface area is 106 Å². The third-order valence-corrected chi connectivity index (χ3v) is 3.44. The Morgan fingerprint density at radius 1 is 1.59 bits per heavy atom. The number of hydrogen-bond acceptors (Lipinski definition) is 6. The van der Waals surface area contributed by atoms with E-state index in [0.717, 1.165) is 0 Å². The number of hydrogen-bond donors (Lipinski definition) is 4. The lowest BCUT2D eigenvalue weighted by Gasteiger charge is -2.36. The molecule has 0 bridgehead atoms. The minimum Gasteiger partial charge on any atom is -0.390 e. The number of nitrogens with two attached hydrogens (primary N) is 1. The van der Waals surface area contributed by atoms with E-state index in [1.807, 2.05) is 6.92 Å². The molecule has 1 aliphatic rings. The van der Waals surface area contributed by atoms with Gasteiger partial charge in [-0.15, -0.1) is 0 Å². The van der Waals surface area contributed by atoms with E-state index in [0.29, 0.717) is 24.7 Å². The summed E-state index contributed by atoms with van der Waals surface area (Å²) in [4.78, 5) is 4.05. The van der Waals surface area contributed by atoms with Crippen LogP contribution in [0, 0.1) is 0 Å². The number of amidine groups is 1. The minimum absolute atomic E-state index is 0.262. The highest BCUT2D eigenvalue weighted by molar-refractivity contribution is 8.14. The topological polar surface area (TPSA) is 100 Å². The van der Waals surface area contributed by atoms with Gasteiger partial charge in [-0.3, -0.25) is 4.99 Å². The molecule has 0 amide bonds. The van der Waals surface area contributed by atoms with Gasteiger partial charge in [-0.25, -0.2) is 0 Å². The highest BCUT2D eigenvalue weighted by Crippen LogP contribution is 2.27. The second-order valence-electron chi connectivity index (χ2n) is 3.89. The molecule has 7 heteroatoms. The Morgan fingerprint density at radius 2 is 2.29 bits per heavy atom. The third kappa shape index (κ3) is 4.44. The number of aliphatic imine (C=N–C) groups is 1. The van der Waals surface area contributed by atoms with Gasteiger partial charge in [-0.2, -0.15) is 0 Å². The highest BCUT2D eigenvalue weighted by atomic mass is 32.2. The molecule has 0 aromatic rings. The van der Waals surface area contributed by atoms with Crippen LogP contribution in [0.2, 0.25) is 0 Å². The average Bonchev–Trinajstić information content (AvgIpc) is 2.26. The summed E-state index contributed by atoms with van der Waals surface area (Å²) < 4.78 is 5.66. The largest absolute Gasteiger partial charge is 0.390 e. The number of nitrogens with zero attached hydrogens (tertiary/aromatic N) is 1. The highest BCUT2D eigenvalue weighted by Gasteiger charge is 2.36. The van der Waals surface area contributed by atoms with Crippen molar-refractivity contribution in [1.82, 2.24) is 5.32 Å². The quantitative estimate of drug-likeness (QED) is 0.388. The Balaban J connectivity index is 2.54. The normalized spacial score (nSPS) is 34.9. The van der Waals surface area contributed by atoms with E-state index in [2.05, 4.69) is 10.3 Å². The predicted octanol–water partition coefficient (Wildman–Crippen LogP) is -0.890. The fraction of sp³-hybridized carbons (Fsp3) is 0.900. The minimum atomic E-state index is -0.858. The van der Waals surface area contributed by atoms with Crippen molar-refractivity contribution in [3.05, 3.63) is 0 Å². The second-order valence-corrected chi connectivity index (χ2v) is 5.07. The van der Waals surface area contributed by atoms with Gasteiger partial charge in [0, 0.05) is 19.5 Å². The van der Waals surface area contributed by atoms with Gasteiger partial charge >= 0.3 is 0 Å². The predicted molar refractivity (Wildman–Crippen MR) is 69.0 cm³/mol. The lowest BCUT2D eigenvalue weighted by molar-refractivity contribution is -0.142. The number of likely N-dealkylation sites (N-methyl/N-ethyl adjacent to an activating group) is 1. The summed E-state index contributed by atoms with van der Waals surface area (Å²) in [5.41, 5.74) is 5.43. The summed E-state index contributed by atoms with van der Waals surface area (Å²) in [6.07, 6.45) is -1.71. The first kappa shape index (κ1) is 14.7. The Bertz CT molecular complexity index is 265. The molecule has 1 saturated heterocycles. The van der Waals surface area contributed by atoms with Crippen LogP contribution in [0.4, 0.5) is 0 Å². The first-order valence-corrected chi connectivity index (χ1v) is 6.59. The maximum Gasteiger partial charge on any atom is 0.156 e. The number of ether oxygens (including phenoxy) is 1. The molecule has 0 aromatic heterocycles. The van der Waals surface area contributed by atoms with Gasteiger partial charge in [0.2, 0.25) is 0 Å². The zero-order valence-corrected chi connectivity index (χ0v) is 11.0. The molecule has 6 nitrogen and oxygen atoms in total. The molecule has 5 N–H and O–H groups in total. The Kier molecular flexibility index (Phi) is 6.21. The summed E-state index contributed by atoms with van der Waals surface area (Å²) in [6, 6.07) is 0. The number of aliphatic hydroxyl groups is 2. The fourth-order valence-electron chi connectivity index (χ4n) is 1.69. The van der Waals surface area contributed by atoms with Gasteiger partial charge in [0.05, 0.1) is 12.2 Å². The Hall–Kier alpha value is -0.340. The van der Waals surface area contributed by atoms with Crippen LogP contribution in [-0.4, -0.2) is 59.3 Å². The molecule has 1 aliphatic heterocycles. The zero-order valence-electron chi connectivity index (χ0n) is 10.2. The van der Waals surface area contributed by atoms with Crippen molar-refractivity contribution in [1.29, 1.82) is 0 Å². The van der Waals surface area contributed by atoms with Crippen molar-refractivity contribution in [3.8, 4) is 0 Å². The van der Waals surface area contributed by atoms with Crippen LogP contribution in [0.15, 0.2) is 4.99 Å². The summed E-state index contributed by atoms with van der Waals surface area (Å²) in [5.74, 6) is 0. The molecule has 0 radical (unpaired) electrons. The lowest BCUT2D eigenvalue weighted by atomic mass is 10.0. The molecule has 0 saturated carbocycles. The molecule has 100 valence electrons. The smallest absolute Gasteiger partial charge is 0.156 e.